The Labute approximate surface area is 122 Å². The Morgan fingerprint density at radius 1 is 1.50 bits per heavy atom. The Morgan fingerprint density at radius 3 is 2.88 bits per heavy atom. The predicted molar refractivity (Wildman–Crippen MR) is 60.5 cm³/mol. The second kappa shape index (κ2) is 9.74. The summed E-state index contributed by atoms with van der Waals surface area (Å²) in [5.74, 6) is -0.0221. The maximum atomic E-state index is 11.3. The van der Waals surface area contributed by atoms with Crippen LogP contribution in [0.15, 0.2) is 36.1 Å². The third-order valence-corrected chi connectivity index (χ3v) is 1.86. The van der Waals surface area contributed by atoms with Crippen LogP contribution in [-0.4, -0.2) is 5.91 Å². The van der Waals surface area contributed by atoms with Gasteiger partial charge in [-0.05, 0) is 12.5 Å². The molecule has 16 heavy (non-hydrogen) atoms. The van der Waals surface area contributed by atoms with Crippen molar-refractivity contribution in [3.63, 3.8) is 0 Å². The fourth-order valence-electron chi connectivity index (χ4n) is 1.15. The molecule has 0 bridgehead atoms. The summed E-state index contributed by atoms with van der Waals surface area (Å²) in [5.41, 5.74) is 0.956. The van der Waals surface area contributed by atoms with Gasteiger partial charge in [-0.1, -0.05) is 19.1 Å². The summed E-state index contributed by atoms with van der Waals surface area (Å²) in [4.78, 5) is 11.3. The fourth-order valence-corrected chi connectivity index (χ4v) is 1.15. The van der Waals surface area contributed by atoms with Gasteiger partial charge >= 0.3 is 0 Å². The van der Waals surface area contributed by atoms with Crippen molar-refractivity contribution in [1.29, 1.82) is 0 Å². The minimum atomic E-state index is -0.0221. The van der Waals surface area contributed by atoms with Crippen LogP contribution in [0.3, 0.4) is 0 Å². The van der Waals surface area contributed by atoms with Crippen molar-refractivity contribution in [3.05, 3.63) is 48.2 Å². The van der Waals surface area contributed by atoms with E-state index in [9.17, 15) is 4.79 Å². The van der Waals surface area contributed by atoms with Crippen LogP contribution in [-0.2, 0) is 37.5 Å². The summed E-state index contributed by atoms with van der Waals surface area (Å²) >= 11 is 0. The zero-order valence-corrected chi connectivity index (χ0v) is 12.3. The van der Waals surface area contributed by atoms with Gasteiger partial charge in [0.25, 0.3) is 0 Å². The summed E-state index contributed by atoms with van der Waals surface area (Å²) < 4.78 is 0. The van der Waals surface area contributed by atoms with E-state index < -0.39 is 0 Å². The molecular weight excluding hydrogens is 275 g/mol. The molecule has 3 heteroatoms. The molecule has 1 radical (unpaired) electrons. The molecule has 0 saturated carbocycles. The molecule has 0 unspecified atom stereocenters. The number of carbonyl (C=O) groups is 1. The van der Waals surface area contributed by atoms with Crippen molar-refractivity contribution in [2.45, 2.75) is 26.2 Å². The summed E-state index contributed by atoms with van der Waals surface area (Å²) in [6.45, 7) is 2.01. The van der Waals surface area contributed by atoms with Gasteiger partial charge in [0.05, 0.1) is 0 Å². The van der Waals surface area contributed by atoms with E-state index in [4.69, 9.17) is 0 Å². The first-order valence-electron chi connectivity index (χ1n) is 5.10. The quantitative estimate of drug-likeness (QED) is 0.611. The van der Waals surface area contributed by atoms with Crippen LogP contribution < -0.4 is 5.32 Å². The SMILES string of the molecule is CC[C-]=CC=[C-]CC(=O)NC1=CC=CC1.[Y]. The molecule has 0 aromatic rings. The van der Waals surface area contributed by atoms with E-state index in [-0.39, 0.29) is 38.6 Å². The molecule has 1 amide bonds. The molecular formula is C13H15NOY-2. The van der Waals surface area contributed by atoms with Crippen LogP contribution in [0.25, 0.3) is 0 Å². The van der Waals surface area contributed by atoms with Crippen molar-refractivity contribution in [3.8, 4) is 0 Å². The standard InChI is InChI=1S/C13H15NO.Y/c1-2-3-4-5-6-11-13(15)14-12-9-7-8-10-12;/h4-5,7-9H,2,10-11H2,1H3,(H,14,15);/q-2;. The van der Waals surface area contributed by atoms with Gasteiger partial charge in [0, 0.05) is 44.8 Å². The second-order valence-electron chi connectivity index (χ2n) is 3.14. The third kappa shape index (κ3) is 6.92. The van der Waals surface area contributed by atoms with Crippen molar-refractivity contribution in [1.82, 2.24) is 5.32 Å². The van der Waals surface area contributed by atoms with Crippen molar-refractivity contribution in [2.24, 2.45) is 0 Å². The Bertz CT molecular complexity index is 327. The third-order valence-electron chi connectivity index (χ3n) is 1.86. The number of amides is 1. The van der Waals surface area contributed by atoms with Gasteiger partial charge < -0.3 is 29.6 Å². The van der Waals surface area contributed by atoms with Crippen LogP contribution in [0.4, 0.5) is 0 Å². The van der Waals surface area contributed by atoms with Gasteiger partial charge in [0.1, 0.15) is 0 Å². The summed E-state index contributed by atoms with van der Waals surface area (Å²) in [7, 11) is 0. The number of nitrogens with one attached hydrogen (secondary N) is 1. The average Bonchev–Trinajstić information content (AvgIpc) is 2.70. The van der Waals surface area contributed by atoms with E-state index in [2.05, 4.69) is 17.5 Å². The van der Waals surface area contributed by atoms with Gasteiger partial charge in [-0.15, -0.1) is 6.42 Å². The first-order chi connectivity index (χ1) is 7.33. The molecule has 0 saturated heterocycles. The Balaban J connectivity index is 0.00000225. The average molecular weight is 290 g/mol. The zero-order chi connectivity index (χ0) is 10.9. The molecule has 0 heterocycles. The molecule has 0 aromatic carbocycles. The van der Waals surface area contributed by atoms with Crippen molar-refractivity contribution >= 4 is 5.91 Å². The van der Waals surface area contributed by atoms with Crippen molar-refractivity contribution in [2.75, 3.05) is 0 Å². The number of hydrogen-bond acceptors (Lipinski definition) is 1. The predicted octanol–water partition coefficient (Wildman–Crippen LogP) is 2.46. The van der Waals surface area contributed by atoms with Gasteiger partial charge in [0.2, 0.25) is 5.91 Å². The van der Waals surface area contributed by atoms with Gasteiger partial charge in [-0.2, -0.15) is 0 Å². The van der Waals surface area contributed by atoms with E-state index in [1.165, 1.54) is 0 Å². The Kier molecular flexibility index (Phi) is 9.45. The number of carbonyl (C=O) groups excluding carboxylic acids is 1. The zero-order valence-electron chi connectivity index (χ0n) is 9.49. The number of allylic oxidation sites excluding steroid dienone is 6. The van der Waals surface area contributed by atoms with E-state index in [1.807, 2.05) is 25.2 Å². The minimum absolute atomic E-state index is 0. The van der Waals surface area contributed by atoms with Gasteiger partial charge in [0.15, 0.2) is 0 Å². The van der Waals surface area contributed by atoms with E-state index >= 15 is 0 Å². The fraction of sp³-hybridized carbons (Fsp3) is 0.308. The molecule has 1 aliphatic carbocycles. The maximum Gasteiger partial charge on any atom is 0.208 e. The Morgan fingerprint density at radius 2 is 2.25 bits per heavy atom. The normalized spacial score (nSPS) is 14.2. The van der Waals surface area contributed by atoms with E-state index in [0.717, 1.165) is 18.5 Å². The molecule has 1 N–H and O–H groups in total. The van der Waals surface area contributed by atoms with Crippen LogP contribution in [0.1, 0.15) is 26.2 Å². The Hall–Kier alpha value is -0.466. The summed E-state index contributed by atoms with van der Waals surface area (Å²) in [5, 5.41) is 2.81. The summed E-state index contributed by atoms with van der Waals surface area (Å²) in [6, 6.07) is 0. The van der Waals surface area contributed by atoms with Crippen LogP contribution in [0.5, 0.6) is 0 Å². The molecule has 0 spiro atoms. The number of rotatable bonds is 5. The molecule has 2 nitrogen and oxygen atoms in total. The topological polar surface area (TPSA) is 29.1 Å². The number of hydrogen-bond donors (Lipinski definition) is 1. The monoisotopic (exact) mass is 290 g/mol. The van der Waals surface area contributed by atoms with E-state index in [0.29, 0.717) is 6.42 Å². The molecule has 0 aliphatic heterocycles. The first kappa shape index (κ1) is 15.5. The van der Waals surface area contributed by atoms with E-state index in [1.54, 1.807) is 12.2 Å². The molecule has 1 rings (SSSR count). The maximum absolute atomic E-state index is 11.3. The summed E-state index contributed by atoms with van der Waals surface area (Å²) in [6.07, 6.45) is 17.2. The smallest absolute Gasteiger partial charge is 0.208 e. The van der Waals surface area contributed by atoms with Gasteiger partial charge in [-0.3, -0.25) is 4.79 Å². The molecule has 1 aliphatic rings. The van der Waals surface area contributed by atoms with Crippen LogP contribution >= 0.6 is 0 Å². The second-order valence-corrected chi connectivity index (χ2v) is 3.14. The van der Waals surface area contributed by atoms with Crippen molar-refractivity contribution < 1.29 is 37.5 Å². The minimum Gasteiger partial charge on any atom is -0.390 e. The molecule has 83 valence electrons. The van der Waals surface area contributed by atoms with Crippen LogP contribution in [0.2, 0.25) is 0 Å². The van der Waals surface area contributed by atoms with Gasteiger partial charge in [-0.25, -0.2) is 0 Å². The molecule has 0 atom stereocenters. The first-order valence-corrected chi connectivity index (χ1v) is 5.10. The van der Waals surface area contributed by atoms with Crippen LogP contribution in [0, 0.1) is 12.2 Å². The largest absolute Gasteiger partial charge is 0.390 e. The molecule has 0 fully saturated rings. The molecule has 0 aromatic heterocycles.